The van der Waals surface area contributed by atoms with Crippen molar-refractivity contribution in [3.63, 3.8) is 0 Å². The number of amides is 1. The van der Waals surface area contributed by atoms with E-state index in [2.05, 4.69) is 10.1 Å². The predicted octanol–water partition coefficient (Wildman–Crippen LogP) is 4.10. The average Bonchev–Trinajstić information content (AvgIpc) is 2.48. The van der Waals surface area contributed by atoms with Crippen molar-refractivity contribution in [3.05, 3.63) is 63.2 Å². The normalized spacial score (nSPS) is 10.4. The Labute approximate surface area is 133 Å². The highest BCUT2D eigenvalue weighted by Gasteiger charge is 2.15. The van der Waals surface area contributed by atoms with E-state index in [1.165, 1.54) is 30.3 Å². The number of hydrogen-bond donors (Lipinski definition) is 1. The molecule has 0 fully saturated rings. The Morgan fingerprint density at radius 3 is 2.39 bits per heavy atom. The van der Waals surface area contributed by atoms with Crippen LogP contribution in [-0.2, 0) is 0 Å². The summed E-state index contributed by atoms with van der Waals surface area (Å²) in [4.78, 5) is 22.0. The number of nitrogens with zero attached hydrogens (tertiary/aromatic N) is 1. The van der Waals surface area contributed by atoms with Crippen molar-refractivity contribution in [1.82, 2.24) is 0 Å². The predicted molar refractivity (Wildman–Crippen MR) is 79.1 cm³/mol. The van der Waals surface area contributed by atoms with Crippen molar-refractivity contribution in [2.75, 3.05) is 5.32 Å². The van der Waals surface area contributed by atoms with Crippen molar-refractivity contribution in [2.24, 2.45) is 0 Å². The topological polar surface area (TPSA) is 81.5 Å². The van der Waals surface area contributed by atoms with Gasteiger partial charge in [-0.05, 0) is 30.3 Å². The van der Waals surface area contributed by atoms with E-state index in [1.807, 2.05) is 0 Å². The average molecular weight is 343 g/mol. The summed E-state index contributed by atoms with van der Waals surface area (Å²) in [6, 6.07) is 8.71. The SMILES string of the molecule is O=C(Nc1ccc(OC(F)F)cc1)c1ccc([N+](=O)[O-])cc1Cl. The van der Waals surface area contributed by atoms with Crippen LogP contribution in [-0.4, -0.2) is 17.4 Å². The largest absolute Gasteiger partial charge is 0.435 e. The molecule has 0 aliphatic rings. The number of ether oxygens (including phenoxy) is 1. The van der Waals surface area contributed by atoms with Crippen molar-refractivity contribution in [1.29, 1.82) is 0 Å². The summed E-state index contributed by atoms with van der Waals surface area (Å²) in [5, 5.41) is 13.0. The van der Waals surface area contributed by atoms with Gasteiger partial charge in [0, 0.05) is 17.8 Å². The highest BCUT2D eigenvalue weighted by Crippen LogP contribution is 2.24. The highest BCUT2D eigenvalue weighted by molar-refractivity contribution is 6.34. The van der Waals surface area contributed by atoms with E-state index in [0.29, 0.717) is 5.69 Å². The zero-order chi connectivity index (χ0) is 17.0. The number of anilines is 1. The molecular weight excluding hydrogens is 334 g/mol. The standard InChI is InChI=1S/C14H9ClF2N2O4/c15-12-7-9(19(21)22)3-6-11(12)13(20)18-8-1-4-10(5-2-8)23-14(16)17/h1-7,14H,(H,18,20). The Bertz CT molecular complexity index is 738. The van der Waals surface area contributed by atoms with Gasteiger partial charge in [0.15, 0.2) is 0 Å². The van der Waals surface area contributed by atoms with E-state index >= 15 is 0 Å². The molecule has 6 nitrogen and oxygen atoms in total. The first-order valence-electron chi connectivity index (χ1n) is 6.17. The van der Waals surface area contributed by atoms with E-state index in [4.69, 9.17) is 11.6 Å². The van der Waals surface area contributed by atoms with E-state index < -0.39 is 17.4 Å². The highest BCUT2D eigenvalue weighted by atomic mass is 35.5. The second-order valence-electron chi connectivity index (χ2n) is 4.28. The summed E-state index contributed by atoms with van der Waals surface area (Å²) < 4.78 is 28.2. The number of nitro groups is 1. The van der Waals surface area contributed by atoms with Crippen LogP contribution in [0.1, 0.15) is 10.4 Å². The van der Waals surface area contributed by atoms with Gasteiger partial charge in [0.2, 0.25) is 0 Å². The number of nitro benzene ring substituents is 1. The van der Waals surface area contributed by atoms with Crippen molar-refractivity contribution in [2.45, 2.75) is 6.61 Å². The molecule has 0 aliphatic carbocycles. The molecule has 23 heavy (non-hydrogen) atoms. The van der Waals surface area contributed by atoms with Gasteiger partial charge in [-0.3, -0.25) is 14.9 Å². The number of benzene rings is 2. The van der Waals surface area contributed by atoms with Gasteiger partial charge in [-0.1, -0.05) is 11.6 Å². The zero-order valence-electron chi connectivity index (χ0n) is 11.3. The summed E-state index contributed by atoms with van der Waals surface area (Å²) in [6.07, 6.45) is 0. The molecule has 0 atom stereocenters. The number of carbonyl (C=O) groups is 1. The van der Waals surface area contributed by atoms with Gasteiger partial charge in [-0.25, -0.2) is 0 Å². The molecule has 0 spiro atoms. The van der Waals surface area contributed by atoms with Crippen LogP contribution in [0.15, 0.2) is 42.5 Å². The third-order valence-corrected chi connectivity index (χ3v) is 3.06. The molecule has 0 saturated carbocycles. The maximum Gasteiger partial charge on any atom is 0.387 e. The summed E-state index contributed by atoms with van der Waals surface area (Å²) in [7, 11) is 0. The van der Waals surface area contributed by atoms with Crippen LogP contribution in [0.2, 0.25) is 5.02 Å². The number of alkyl halides is 2. The lowest BCUT2D eigenvalue weighted by Crippen LogP contribution is -2.12. The number of rotatable bonds is 5. The van der Waals surface area contributed by atoms with Crippen LogP contribution in [0.4, 0.5) is 20.2 Å². The monoisotopic (exact) mass is 342 g/mol. The van der Waals surface area contributed by atoms with Crippen LogP contribution in [0.25, 0.3) is 0 Å². The summed E-state index contributed by atoms with van der Waals surface area (Å²) in [5.74, 6) is -0.640. The van der Waals surface area contributed by atoms with Crippen LogP contribution in [0.5, 0.6) is 5.75 Å². The minimum Gasteiger partial charge on any atom is -0.435 e. The van der Waals surface area contributed by atoms with E-state index in [9.17, 15) is 23.7 Å². The summed E-state index contributed by atoms with van der Waals surface area (Å²) >= 11 is 5.85. The number of hydrogen-bond acceptors (Lipinski definition) is 4. The fourth-order valence-corrected chi connectivity index (χ4v) is 1.98. The fraction of sp³-hybridized carbons (Fsp3) is 0.0714. The first-order chi connectivity index (χ1) is 10.9. The number of non-ortho nitro benzene ring substituents is 1. The molecule has 0 bridgehead atoms. The van der Waals surface area contributed by atoms with E-state index in [-0.39, 0.29) is 22.0 Å². The van der Waals surface area contributed by atoms with Crippen molar-refractivity contribution in [3.8, 4) is 5.75 Å². The maximum absolute atomic E-state index is 12.1. The lowest BCUT2D eigenvalue weighted by Gasteiger charge is -2.08. The molecule has 120 valence electrons. The van der Waals surface area contributed by atoms with Gasteiger partial charge in [0.05, 0.1) is 15.5 Å². The maximum atomic E-state index is 12.1. The van der Waals surface area contributed by atoms with E-state index in [1.54, 1.807) is 0 Å². The number of nitrogens with one attached hydrogen (secondary N) is 1. The van der Waals surface area contributed by atoms with Crippen molar-refractivity contribution >= 4 is 28.9 Å². The van der Waals surface area contributed by atoms with Gasteiger partial charge in [-0.15, -0.1) is 0 Å². The second kappa shape index (κ2) is 7.01. The molecule has 2 aromatic rings. The van der Waals surface area contributed by atoms with Crippen molar-refractivity contribution < 1.29 is 23.2 Å². The smallest absolute Gasteiger partial charge is 0.387 e. The van der Waals surface area contributed by atoms with Gasteiger partial charge >= 0.3 is 6.61 Å². The third kappa shape index (κ3) is 4.36. The molecule has 2 rings (SSSR count). The van der Waals surface area contributed by atoms with Gasteiger partial charge in [0.25, 0.3) is 11.6 Å². The molecule has 2 aromatic carbocycles. The number of carbonyl (C=O) groups excluding carboxylic acids is 1. The Balaban J connectivity index is 2.11. The Kier molecular flexibility index (Phi) is 5.07. The van der Waals surface area contributed by atoms with Crippen LogP contribution >= 0.6 is 11.6 Å². The second-order valence-corrected chi connectivity index (χ2v) is 4.69. The van der Waals surface area contributed by atoms with Gasteiger partial charge in [0.1, 0.15) is 5.75 Å². The molecule has 0 saturated heterocycles. The quantitative estimate of drug-likeness (QED) is 0.655. The minimum atomic E-state index is -2.94. The lowest BCUT2D eigenvalue weighted by atomic mass is 10.2. The zero-order valence-corrected chi connectivity index (χ0v) is 12.1. The Hall–Kier alpha value is -2.74. The molecule has 1 N–H and O–H groups in total. The molecular formula is C14H9ClF2N2O4. The van der Waals surface area contributed by atoms with Gasteiger partial charge in [-0.2, -0.15) is 8.78 Å². The third-order valence-electron chi connectivity index (χ3n) is 2.75. The first kappa shape index (κ1) is 16.6. The van der Waals surface area contributed by atoms with Crippen LogP contribution in [0.3, 0.4) is 0 Å². The number of halogens is 3. The van der Waals surface area contributed by atoms with Crippen LogP contribution < -0.4 is 10.1 Å². The Morgan fingerprint density at radius 2 is 1.87 bits per heavy atom. The van der Waals surface area contributed by atoms with Crippen LogP contribution in [0, 0.1) is 10.1 Å². The Morgan fingerprint density at radius 1 is 1.22 bits per heavy atom. The summed E-state index contributed by atoms with van der Waals surface area (Å²) in [5.41, 5.74) is 0.135. The lowest BCUT2D eigenvalue weighted by molar-refractivity contribution is -0.384. The van der Waals surface area contributed by atoms with E-state index in [0.717, 1.165) is 12.1 Å². The molecule has 1 amide bonds. The first-order valence-corrected chi connectivity index (χ1v) is 6.55. The fourth-order valence-electron chi connectivity index (χ4n) is 1.72. The summed E-state index contributed by atoms with van der Waals surface area (Å²) in [6.45, 7) is -2.94. The molecule has 0 aliphatic heterocycles. The molecule has 0 radical (unpaired) electrons. The minimum absolute atomic E-state index is 0.0465. The molecule has 0 heterocycles. The van der Waals surface area contributed by atoms with Gasteiger partial charge < -0.3 is 10.1 Å². The molecule has 9 heteroatoms. The molecule has 0 aromatic heterocycles. The molecule has 0 unspecified atom stereocenters.